The minimum absolute atomic E-state index is 0.0181. The van der Waals surface area contributed by atoms with E-state index < -0.39 is 23.1 Å². The third-order valence-electron chi connectivity index (χ3n) is 4.20. The van der Waals surface area contributed by atoms with Crippen LogP contribution in [0.4, 0.5) is 20.2 Å². The molecule has 0 saturated heterocycles. The molecule has 0 radical (unpaired) electrons. The summed E-state index contributed by atoms with van der Waals surface area (Å²) < 4.78 is 26.4. The lowest BCUT2D eigenvalue weighted by atomic mass is 10.0. The van der Waals surface area contributed by atoms with Gasteiger partial charge >= 0.3 is 0 Å². The SMILES string of the molecule is CC(=O)Nc1c(C)cc(C)cc1-c1nnc(SCC(=O)Nc2cc(F)cc(F)c2)[nH]c1=O. The van der Waals surface area contributed by atoms with Gasteiger partial charge in [0.15, 0.2) is 10.9 Å². The fraction of sp³-hybridized carbons (Fsp3) is 0.190. The minimum Gasteiger partial charge on any atom is -0.325 e. The zero-order valence-electron chi connectivity index (χ0n) is 17.4. The normalized spacial score (nSPS) is 10.7. The molecule has 11 heteroatoms. The van der Waals surface area contributed by atoms with Gasteiger partial charge in [0.2, 0.25) is 11.8 Å². The van der Waals surface area contributed by atoms with Crippen LogP contribution in [0.3, 0.4) is 0 Å². The zero-order chi connectivity index (χ0) is 23.4. The maximum atomic E-state index is 13.2. The Bertz CT molecular complexity index is 1240. The van der Waals surface area contributed by atoms with Crippen molar-refractivity contribution >= 4 is 35.0 Å². The summed E-state index contributed by atoms with van der Waals surface area (Å²) in [6, 6.07) is 6.25. The number of hydrogen-bond donors (Lipinski definition) is 3. The molecule has 32 heavy (non-hydrogen) atoms. The van der Waals surface area contributed by atoms with Gasteiger partial charge in [-0.05, 0) is 37.6 Å². The van der Waals surface area contributed by atoms with Crippen LogP contribution in [0.1, 0.15) is 18.1 Å². The third kappa shape index (κ3) is 5.76. The van der Waals surface area contributed by atoms with Crippen LogP contribution in [0.15, 0.2) is 40.3 Å². The lowest BCUT2D eigenvalue weighted by Crippen LogP contribution is -2.18. The first-order valence-corrected chi connectivity index (χ1v) is 10.4. The molecule has 0 aliphatic heterocycles. The number of halogens is 2. The number of carbonyl (C=O) groups is 2. The van der Waals surface area contributed by atoms with Crippen LogP contribution in [0.25, 0.3) is 11.3 Å². The molecule has 8 nitrogen and oxygen atoms in total. The third-order valence-corrected chi connectivity index (χ3v) is 5.06. The Morgan fingerprint density at radius 2 is 1.72 bits per heavy atom. The predicted octanol–water partition coefficient (Wildman–Crippen LogP) is 3.42. The van der Waals surface area contributed by atoms with Crippen molar-refractivity contribution in [1.29, 1.82) is 0 Å². The molecule has 3 N–H and O–H groups in total. The first-order valence-electron chi connectivity index (χ1n) is 9.37. The molecule has 0 unspecified atom stereocenters. The summed E-state index contributed by atoms with van der Waals surface area (Å²) in [5.41, 5.74) is 1.97. The Morgan fingerprint density at radius 3 is 2.34 bits per heavy atom. The van der Waals surface area contributed by atoms with E-state index in [1.807, 2.05) is 13.0 Å². The molecule has 0 saturated carbocycles. The van der Waals surface area contributed by atoms with E-state index >= 15 is 0 Å². The number of carbonyl (C=O) groups excluding carboxylic acids is 2. The molecule has 3 aromatic rings. The Balaban J connectivity index is 1.77. The van der Waals surface area contributed by atoms with Crippen LogP contribution in [-0.2, 0) is 9.59 Å². The molecule has 0 atom stereocenters. The van der Waals surface area contributed by atoms with E-state index in [1.165, 1.54) is 6.92 Å². The van der Waals surface area contributed by atoms with Gasteiger partial charge in [-0.3, -0.25) is 19.4 Å². The Labute approximate surface area is 185 Å². The topological polar surface area (TPSA) is 117 Å². The smallest absolute Gasteiger partial charge is 0.278 e. The number of nitrogens with zero attached hydrogens (tertiary/aromatic N) is 2. The van der Waals surface area contributed by atoms with Crippen molar-refractivity contribution in [2.45, 2.75) is 25.9 Å². The van der Waals surface area contributed by atoms with Gasteiger partial charge in [-0.25, -0.2) is 8.78 Å². The second-order valence-corrected chi connectivity index (χ2v) is 7.95. The van der Waals surface area contributed by atoms with Crippen molar-refractivity contribution in [3.63, 3.8) is 0 Å². The van der Waals surface area contributed by atoms with E-state index in [2.05, 4.69) is 25.8 Å². The molecule has 0 aliphatic carbocycles. The molecule has 166 valence electrons. The largest absolute Gasteiger partial charge is 0.325 e. The average molecular weight is 459 g/mol. The molecule has 0 aliphatic rings. The van der Waals surface area contributed by atoms with Crippen molar-refractivity contribution in [2.24, 2.45) is 0 Å². The van der Waals surface area contributed by atoms with Gasteiger partial charge in [-0.15, -0.1) is 10.2 Å². The van der Waals surface area contributed by atoms with Crippen LogP contribution in [-0.4, -0.2) is 32.7 Å². The summed E-state index contributed by atoms with van der Waals surface area (Å²) in [5, 5.41) is 13.1. The number of aryl methyl sites for hydroxylation is 2. The number of thioether (sulfide) groups is 1. The molecule has 2 amide bonds. The monoisotopic (exact) mass is 459 g/mol. The molecule has 0 fully saturated rings. The number of anilines is 2. The van der Waals surface area contributed by atoms with Gasteiger partial charge in [0, 0.05) is 24.2 Å². The zero-order valence-corrected chi connectivity index (χ0v) is 18.2. The van der Waals surface area contributed by atoms with Gasteiger partial charge in [0.25, 0.3) is 5.56 Å². The molecule has 2 aromatic carbocycles. The van der Waals surface area contributed by atoms with Crippen LogP contribution in [0, 0.1) is 25.5 Å². The van der Waals surface area contributed by atoms with Gasteiger partial charge in [0.1, 0.15) is 11.6 Å². The molecular weight excluding hydrogens is 440 g/mol. The van der Waals surface area contributed by atoms with Crippen LogP contribution < -0.4 is 16.2 Å². The second kappa shape index (κ2) is 9.69. The van der Waals surface area contributed by atoms with Crippen LogP contribution in [0.5, 0.6) is 0 Å². The maximum Gasteiger partial charge on any atom is 0.278 e. The lowest BCUT2D eigenvalue weighted by Gasteiger charge is -2.13. The van der Waals surface area contributed by atoms with E-state index in [0.717, 1.165) is 35.0 Å². The summed E-state index contributed by atoms with van der Waals surface area (Å²) >= 11 is 0.897. The van der Waals surface area contributed by atoms with Crippen molar-refractivity contribution in [1.82, 2.24) is 15.2 Å². The van der Waals surface area contributed by atoms with Gasteiger partial charge in [-0.1, -0.05) is 23.4 Å². The fourth-order valence-electron chi connectivity index (χ4n) is 3.02. The van der Waals surface area contributed by atoms with Gasteiger partial charge in [-0.2, -0.15) is 0 Å². The fourth-order valence-corrected chi connectivity index (χ4v) is 3.62. The summed E-state index contributed by atoms with van der Waals surface area (Å²) in [7, 11) is 0. The molecule has 1 heterocycles. The van der Waals surface area contributed by atoms with Gasteiger partial charge < -0.3 is 10.6 Å². The number of aromatic amines is 1. The number of hydrogen-bond acceptors (Lipinski definition) is 6. The highest BCUT2D eigenvalue weighted by Crippen LogP contribution is 2.29. The van der Waals surface area contributed by atoms with Crippen molar-refractivity contribution in [3.8, 4) is 11.3 Å². The molecular formula is C21H19F2N5O3S. The van der Waals surface area contributed by atoms with E-state index in [9.17, 15) is 23.2 Å². The van der Waals surface area contributed by atoms with E-state index in [4.69, 9.17) is 0 Å². The lowest BCUT2D eigenvalue weighted by molar-refractivity contribution is -0.114. The Kier molecular flexibility index (Phi) is 6.98. The first kappa shape index (κ1) is 23.1. The molecule has 3 rings (SSSR count). The average Bonchev–Trinajstić information content (AvgIpc) is 2.67. The second-order valence-electron chi connectivity index (χ2n) is 6.99. The summed E-state index contributed by atoms with van der Waals surface area (Å²) in [6.07, 6.45) is 0. The Morgan fingerprint density at radius 1 is 1.03 bits per heavy atom. The highest BCUT2D eigenvalue weighted by molar-refractivity contribution is 7.99. The number of aromatic nitrogens is 3. The van der Waals surface area contributed by atoms with Crippen molar-refractivity contribution < 1.29 is 18.4 Å². The number of benzene rings is 2. The summed E-state index contributed by atoms with van der Waals surface area (Å²) in [5.74, 6) is -2.65. The molecule has 0 bridgehead atoms. The number of rotatable bonds is 6. The molecule has 0 spiro atoms. The van der Waals surface area contributed by atoms with Crippen LogP contribution in [0.2, 0.25) is 0 Å². The number of H-pyrrole nitrogens is 1. The first-order chi connectivity index (χ1) is 15.1. The standard InChI is InChI=1S/C21H19F2N5O3S/c1-10-4-11(2)18(24-12(3)29)16(5-10)19-20(31)26-21(28-27-19)32-9-17(30)25-15-7-13(22)6-14(23)8-15/h4-8H,9H2,1-3H3,(H,24,29)(H,25,30)(H,26,28,31). The number of amides is 2. The Hall–Kier alpha value is -3.60. The number of nitrogens with one attached hydrogen (secondary N) is 3. The van der Waals surface area contributed by atoms with Crippen LogP contribution >= 0.6 is 11.8 Å². The highest BCUT2D eigenvalue weighted by Gasteiger charge is 2.16. The van der Waals surface area contributed by atoms with E-state index in [1.54, 1.807) is 13.0 Å². The maximum absolute atomic E-state index is 13.2. The van der Waals surface area contributed by atoms with E-state index in [-0.39, 0.29) is 28.2 Å². The van der Waals surface area contributed by atoms with Crippen molar-refractivity contribution in [2.75, 3.05) is 16.4 Å². The van der Waals surface area contributed by atoms with Crippen molar-refractivity contribution in [3.05, 3.63) is 63.4 Å². The van der Waals surface area contributed by atoms with Gasteiger partial charge in [0.05, 0.1) is 11.4 Å². The molecule has 1 aromatic heterocycles. The van der Waals surface area contributed by atoms with E-state index in [0.29, 0.717) is 17.3 Å². The minimum atomic E-state index is -0.816. The predicted molar refractivity (Wildman–Crippen MR) is 118 cm³/mol. The quantitative estimate of drug-likeness (QED) is 0.487. The summed E-state index contributed by atoms with van der Waals surface area (Å²) in [4.78, 5) is 38.8. The summed E-state index contributed by atoms with van der Waals surface area (Å²) in [6.45, 7) is 5.02. The highest BCUT2D eigenvalue weighted by atomic mass is 32.2.